The lowest BCUT2D eigenvalue weighted by Gasteiger charge is -2.34. The SMILES string of the molecule is Clc1cc(-c2ccc(Br)cc2)cc2c1-c1ccccc1C2(c1ccccc1)c1ccccc1. The molecule has 0 N–H and O–H groups in total. The van der Waals surface area contributed by atoms with Crippen molar-refractivity contribution < 1.29 is 0 Å². The minimum absolute atomic E-state index is 0.441. The minimum Gasteiger partial charge on any atom is -0.0836 e. The quantitative estimate of drug-likeness (QED) is 0.224. The molecule has 158 valence electrons. The Hall–Kier alpha value is -3.13. The highest BCUT2D eigenvalue weighted by Gasteiger charge is 2.46. The highest BCUT2D eigenvalue weighted by Crippen LogP contribution is 2.58. The van der Waals surface area contributed by atoms with Crippen molar-refractivity contribution in [2.24, 2.45) is 0 Å². The maximum absolute atomic E-state index is 7.08. The molecule has 0 saturated heterocycles. The maximum atomic E-state index is 7.08. The molecule has 0 amide bonds. The highest BCUT2D eigenvalue weighted by molar-refractivity contribution is 9.10. The molecule has 1 aliphatic rings. The van der Waals surface area contributed by atoms with Crippen LogP contribution in [0.5, 0.6) is 0 Å². The van der Waals surface area contributed by atoms with Gasteiger partial charge in [-0.3, -0.25) is 0 Å². The van der Waals surface area contributed by atoms with E-state index in [0.29, 0.717) is 0 Å². The second-order valence-electron chi connectivity index (χ2n) is 8.42. The fraction of sp³-hybridized carbons (Fsp3) is 0.0323. The standard InChI is InChI=1S/C31H20BrCl/c32-25-17-15-21(16-18-25)22-19-28-30(29(33)20-22)26-13-7-8-14-27(26)31(28,23-9-3-1-4-10-23)24-11-5-2-6-12-24/h1-20H. The summed E-state index contributed by atoms with van der Waals surface area (Å²) in [4.78, 5) is 0. The molecular weight excluding hydrogens is 488 g/mol. The van der Waals surface area contributed by atoms with Gasteiger partial charge in [0.05, 0.1) is 5.41 Å². The van der Waals surface area contributed by atoms with Gasteiger partial charge in [-0.25, -0.2) is 0 Å². The third-order valence-electron chi connectivity index (χ3n) is 6.69. The Morgan fingerprint density at radius 3 is 1.76 bits per heavy atom. The largest absolute Gasteiger partial charge is 0.0836 e. The molecule has 5 aromatic carbocycles. The van der Waals surface area contributed by atoms with Gasteiger partial charge in [-0.05, 0) is 63.2 Å². The molecule has 0 spiro atoms. The van der Waals surface area contributed by atoms with E-state index in [1.165, 1.54) is 27.8 Å². The van der Waals surface area contributed by atoms with E-state index in [1.807, 2.05) is 0 Å². The van der Waals surface area contributed by atoms with Gasteiger partial charge in [0.2, 0.25) is 0 Å². The van der Waals surface area contributed by atoms with Crippen molar-refractivity contribution in [3.8, 4) is 22.3 Å². The zero-order valence-electron chi connectivity index (χ0n) is 17.8. The Morgan fingerprint density at radius 1 is 0.545 bits per heavy atom. The van der Waals surface area contributed by atoms with E-state index in [1.54, 1.807) is 0 Å². The molecule has 0 aromatic heterocycles. The van der Waals surface area contributed by atoms with E-state index in [-0.39, 0.29) is 0 Å². The summed E-state index contributed by atoms with van der Waals surface area (Å²) in [5.74, 6) is 0. The summed E-state index contributed by atoms with van der Waals surface area (Å²) in [7, 11) is 0. The molecule has 0 saturated carbocycles. The average molecular weight is 508 g/mol. The molecule has 0 unspecified atom stereocenters. The van der Waals surface area contributed by atoms with Crippen LogP contribution in [0.25, 0.3) is 22.3 Å². The molecule has 0 bridgehead atoms. The first-order valence-corrected chi connectivity index (χ1v) is 12.2. The van der Waals surface area contributed by atoms with Crippen LogP contribution in [0.1, 0.15) is 22.3 Å². The minimum atomic E-state index is -0.441. The van der Waals surface area contributed by atoms with Gasteiger partial charge in [0.15, 0.2) is 0 Å². The Bertz CT molecular complexity index is 1420. The number of benzene rings is 5. The van der Waals surface area contributed by atoms with E-state index in [2.05, 4.69) is 137 Å². The summed E-state index contributed by atoms with van der Waals surface area (Å²) in [6.07, 6.45) is 0. The topological polar surface area (TPSA) is 0 Å². The van der Waals surface area contributed by atoms with Crippen molar-refractivity contribution in [2.45, 2.75) is 5.41 Å². The van der Waals surface area contributed by atoms with E-state index in [0.717, 1.165) is 26.2 Å². The van der Waals surface area contributed by atoms with Gasteiger partial charge in [0.1, 0.15) is 0 Å². The van der Waals surface area contributed by atoms with Crippen molar-refractivity contribution in [2.75, 3.05) is 0 Å². The van der Waals surface area contributed by atoms with Crippen LogP contribution in [0.2, 0.25) is 5.02 Å². The number of halogens is 2. The average Bonchev–Trinajstić information content (AvgIpc) is 3.17. The molecule has 0 heterocycles. The van der Waals surface area contributed by atoms with E-state index in [9.17, 15) is 0 Å². The van der Waals surface area contributed by atoms with Crippen LogP contribution in [0.3, 0.4) is 0 Å². The second kappa shape index (κ2) is 8.02. The van der Waals surface area contributed by atoms with E-state index < -0.39 is 5.41 Å². The Balaban J connectivity index is 1.75. The summed E-state index contributed by atoms with van der Waals surface area (Å²) in [5, 5.41) is 0.784. The van der Waals surface area contributed by atoms with Crippen LogP contribution in [0, 0.1) is 0 Å². The molecule has 0 atom stereocenters. The zero-order chi connectivity index (χ0) is 22.4. The van der Waals surface area contributed by atoms with Crippen LogP contribution in [-0.4, -0.2) is 0 Å². The molecule has 0 aliphatic heterocycles. The summed E-state index contributed by atoms with van der Waals surface area (Å²) in [5.41, 5.74) is 9.14. The first-order valence-electron chi connectivity index (χ1n) is 11.0. The maximum Gasteiger partial charge on any atom is 0.0714 e. The van der Waals surface area contributed by atoms with Crippen LogP contribution in [0.15, 0.2) is 126 Å². The van der Waals surface area contributed by atoms with Gasteiger partial charge in [0.25, 0.3) is 0 Å². The van der Waals surface area contributed by atoms with Gasteiger partial charge in [-0.1, -0.05) is 125 Å². The number of hydrogen-bond donors (Lipinski definition) is 0. The molecule has 2 heteroatoms. The second-order valence-corrected chi connectivity index (χ2v) is 9.74. The van der Waals surface area contributed by atoms with Crippen molar-refractivity contribution in [1.29, 1.82) is 0 Å². The van der Waals surface area contributed by atoms with Crippen LogP contribution in [0.4, 0.5) is 0 Å². The summed E-state index contributed by atoms with van der Waals surface area (Å²) in [6.45, 7) is 0. The zero-order valence-corrected chi connectivity index (χ0v) is 20.1. The third kappa shape index (κ3) is 3.11. The molecular formula is C31H20BrCl. The lowest BCUT2D eigenvalue weighted by atomic mass is 9.67. The highest BCUT2D eigenvalue weighted by atomic mass is 79.9. The number of hydrogen-bond acceptors (Lipinski definition) is 0. The first-order chi connectivity index (χ1) is 16.2. The molecule has 33 heavy (non-hydrogen) atoms. The lowest BCUT2D eigenvalue weighted by molar-refractivity contribution is 0.769. The van der Waals surface area contributed by atoms with Gasteiger partial charge < -0.3 is 0 Å². The molecule has 0 radical (unpaired) electrons. The third-order valence-corrected chi connectivity index (χ3v) is 7.51. The van der Waals surface area contributed by atoms with Crippen molar-refractivity contribution >= 4 is 27.5 Å². The molecule has 0 fully saturated rings. The van der Waals surface area contributed by atoms with E-state index in [4.69, 9.17) is 11.6 Å². The molecule has 5 aromatic rings. The Kier molecular flexibility index (Phi) is 4.98. The predicted molar refractivity (Wildman–Crippen MR) is 142 cm³/mol. The van der Waals surface area contributed by atoms with Crippen LogP contribution in [-0.2, 0) is 5.41 Å². The normalized spacial score (nSPS) is 13.4. The van der Waals surface area contributed by atoms with Crippen molar-refractivity contribution in [1.82, 2.24) is 0 Å². The summed E-state index contributed by atoms with van der Waals surface area (Å²) in [6, 6.07) is 43.2. The lowest BCUT2D eigenvalue weighted by Crippen LogP contribution is -2.28. The van der Waals surface area contributed by atoms with Gasteiger partial charge in [-0.15, -0.1) is 0 Å². The smallest absolute Gasteiger partial charge is 0.0714 e. The first kappa shape index (κ1) is 20.5. The summed E-state index contributed by atoms with van der Waals surface area (Å²) >= 11 is 10.6. The fourth-order valence-electron chi connectivity index (χ4n) is 5.32. The predicted octanol–water partition coefficient (Wildman–Crippen LogP) is 9.13. The van der Waals surface area contributed by atoms with Crippen LogP contribution < -0.4 is 0 Å². The molecule has 0 nitrogen and oxygen atoms in total. The van der Waals surface area contributed by atoms with Gasteiger partial charge in [0, 0.05) is 15.1 Å². The van der Waals surface area contributed by atoms with E-state index >= 15 is 0 Å². The van der Waals surface area contributed by atoms with Crippen molar-refractivity contribution in [3.05, 3.63) is 153 Å². The van der Waals surface area contributed by atoms with Crippen LogP contribution >= 0.6 is 27.5 Å². The van der Waals surface area contributed by atoms with Gasteiger partial charge >= 0.3 is 0 Å². The Morgan fingerprint density at radius 2 is 1.12 bits per heavy atom. The summed E-state index contributed by atoms with van der Waals surface area (Å²) < 4.78 is 1.06. The number of rotatable bonds is 3. The molecule has 1 aliphatic carbocycles. The van der Waals surface area contributed by atoms with Crippen molar-refractivity contribution in [3.63, 3.8) is 0 Å². The monoisotopic (exact) mass is 506 g/mol. The fourth-order valence-corrected chi connectivity index (χ4v) is 5.91. The molecule has 6 rings (SSSR count). The number of fused-ring (bicyclic) bond motifs is 3. The van der Waals surface area contributed by atoms with Gasteiger partial charge in [-0.2, -0.15) is 0 Å². The Labute approximate surface area is 207 Å².